The van der Waals surface area contributed by atoms with Crippen molar-refractivity contribution in [3.8, 4) is 0 Å². The van der Waals surface area contributed by atoms with Crippen LogP contribution < -0.4 is 5.32 Å². The molecule has 0 spiro atoms. The number of nitrogens with zero attached hydrogens (tertiary/aromatic N) is 1. The first-order valence-corrected chi connectivity index (χ1v) is 4.92. The lowest BCUT2D eigenvalue weighted by Gasteiger charge is -2.36. The molecule has 2 atom stereocenters. The standard InChI is InChI=1S/C9H17F3N2.ClH/c1-7-5-14(6-8(2)13-7)4-3-9(10,11)12;/h7-8,13H,3-6H2,1-2H3;1H. The van der Waals surface area contributed by atoms with Crippen LogP contribution in [-0.4, -0.2) is 42.8 Å². The van der Waals surface area contributed by atoms with Gasteiger partial charge in [0.2, 0.25) is 0 Å². The SMILES string of the molecule is CC1CN(CCC(F)(F)F)CC(C)N1.Cl. The summed E-state index contributed by atoms with van der Waals surface area (Å²) >= 11 is 0. The lowest BCUT2D eigenvalue weighted by Crippen LogP contribution is -2.54. The molecule has 0 aliphatic carbocycles. The Kier molecular flexibility index (Phi) is 5.92. The molecular weight excluding hydrogens is 229 g/mol. The molecule has 15 heavy (non-hydrogen) atoms. The summed E-state index contributed by atoms with van der Waals surface area (Å²) in [5.74, 6) is 0. The third-order valence-electron chi connectivity index (χ3n) is 2.34. The second-order valence-corrected chi connectivity index (χ2v) is 4.09. The second kappa shape index (κ2) is 5.92. The van der Waals surface area contributed by atoms with Crippen LogP contribution in [0.4, 0.5) is 13.2 Å². The Labute approximate surface area is 94.6 Å². The summed E-state index contributed by atoms with van der Waals surface area (Å²) in [4.78, 5) is 1.87. The lowest BCUT2D eigenvalue weighted by molar-refractivity contribution is -0.138. The molecular formula is C9H18ClF3N2. The Morgan fingerprint density at radius 2 is 1.67 bits per heavy atom. The zero-order chi connectivity index (χ0) is 10.8. The second-order valence-electron chi connectivity index (χ2n) is 4.09. The third-order valence-corrected chi connectivity index (χ3v) is 2.34. The van der Waals surface area contributed by atoms with E-state index in [0.29, 0.717) is 13.1 Å². The predicted octanol–water partition coefficient (Wildman–Crippen LogP) is 2.04. The fourth-order valence-electron chi connectivity index (χ4n) is 1.91. The van der Waals surface area contributed by atoms with Crippen molar-refractivity contribution in [2.24, 2.45) is 0 Å². The first kappa shape index (κ1) is 15.0. The van der Waals surface area contributed by atoms with Crippen LogP contribution in [0.25, 0.3) is 0 Å². The third kappa shape index (κ3) is 6.22. The maximum Gasteiger partial charge on any atom is 0.390 e. The lowest BCUT2D eigenvalue weighted by atomic mass is 10.1. The molecule has 1 aliphatic rings. The Balaban J connectivity index is 0.00000196. The number of halogens is 4. The van der Waals surface area contributed by atoms with E-state index < -0.39 is 12.6 Å². The van der Waals surface area contributed by atoms with Gasteiger partial charge in [-0.15, -0.1) is 12.4 Å². The van der Waals surface area contributed by atoms with E-state index in [4.69, 9.17) is 0 Å². The Morgan fingerprint density at radius 3 is 2.07 bits per heavy atom. The van der Waals surface area contributed by atoms with Gasteiger partial charge < -0.3 is 5.32 Å². The van der Waals surface area contributed by atoms with Crippen LogP contribution >= 0.6 is 12.4 Å². The van der Waals surface area contributed by atoms with Gasteiger partial charge in [0.05, 0.1) is 6.42 Å². The minimum Gasteiger partial charge on any atom is -0.309 e. The summed E-state index contributed by atoms with van der Waals surface area (Å²) < 4.78 is 35.9. The molecule has 1 aliphatic heterocycles. The maximum absolute atomic E-state index is 12.0. The highest BCUT2D eigenvalue weighted by Crippen LogP contribution is 2.20. The number of piperazine rings is 1. The monoisotopic (exact) mass is 246 g/mol. The van der Waals surface area contributed by atoms with E-state index in [2.05, 4.69) is 5.32 Å². The first-order valence-electron chi connectivity index (χ1n) is 4.92. The van der Waals surface area contributed by atoms with E-state index in [-0.39, 0.29) is 31.0 Å². The molecule has 0 amide bonds. The number of hydrogen-bond acceptors (Lipinski definition) is 2. The summed E-state index contributed by atoms with van der Waals surface area (Å²) in [7, 11) is 0. The zero-order valence-corrected chi connectivity index (χ0v) is 9.79. The van der Waals surface area contributed by atoms with Crippen LogP contribution in [-0.2, 0) is 0 Å². The van der Waals surface area contributed by atoms with Gasteiger partial charge in [-0.05, 0) is 13.8 Å². The largest absolute Gasteiger partial charge is 0.390 e. The number of alkyl halides is 3. The van der Waals surface area contributed by atoms with Crippen LogP contribution in [0.5, 0.6) is 0 Å². The smallest absolute Gasteiger partial charge is 0.309 e. The van der Waals surface area contributed by atoms with Crippen molar-refractivity contribution in [2.45, 2.75) is 38.5 Å². The quantitative estimate of drug-likeness (QED) is 0.802. The highest BCUT2D eigenvalue weighted by Gasteiger charge is 2.29. The highest BCUT2D eigenvalue weighted by atomic mass is 35.5. The normalized spacial score (nSPS) is 28.6. The fourth-order valence-corrected chi connectivity index (χ4v) is 1.91. The first-order chi connectivity index (χ1) is 6.37. The van der Waals surface area contributed by atoms with Crippen LogP contribution in [0.1, 0.15) is 20.3 Å². The Hall–Kier alpha value is 0. The minimum atomic E-state index is -4.03. The summed E-state index contributed by atoms with van der Waals surface area (Å²) in [6.07, 6.45) is -4.73. The molecule has 6 heteroatoms. The molecule has 1 fully saturated rings. The average Bonchev–Trinajstić information content (AvgIpc) is 1.97. The van der Waals surface area contributed by atoms with Crippen molar-refractivity contribution in [2.75, 3.05) is 19.6 Å². The van der Waals surface area contributed by atoms with Crippen molar-refractivity contribution in [1.82, 2.24) is 10.2 Å². The van der Waals surface area contributed by atoms with E-state index in [1.54, 1.807) is 0 Å². The van der Waals surface area contributed by atoms with Gasteiger partial charge in [-0.2, -0.15) is 13.2 Å². The van der Waals surface area contributed by atoms with Crippen LogP contribution in [0.3, 0.4) is 0 Å². The fraction of sp³-hybridized carbons (Fsp3) is 1.00. The van der Waals surface area contributed by atoms with E-state index in [1.807, 2.05) is 18.7 Å². The van der Waals surface area contributed by atoms with E-state index >= 15 is 0 Å². The molecule has 0 saturated carbocycles. The van der Waals surface area contributed by atoms with Crippen molar-refractivity contribution >= 4 is 12.4 Å². The number of rotatable bonds is 2. The van der Waals surface area contributed by atoms with Crippen molar-refractivity contribution in [3.05, 3.63) is 0 Å². The van der Waals surface area contributed by atoms with E-state index in [0.717, 1.165) is 0 Å². The Bertz CT molecular complexity index is 177. The molecule has 92 valence electrons. The molecule has 1 heterocycles. The predicted molar refractivity (Wildman–Crippen MR) is 56.4 cm³/mol. The van der Waals surface area contributed by atoms with Gasteiger partial charge in [0, 0.05) is 31.7 Å². The summed E-state index contributed by atoms with van der Waals surface area (Å²) in [5.41, 5.74) is 0. The summed E-state index contributed by atoms with van der Waals surface area (Å²) in [6, 6.07) is 0.568. The minimum absolute atomic E-state index is 0. The van der Waals surface area contributed by atoms with Crippen molar-refractivity contribution in [1.29, 1.82) is 0 Å². The zero-order valence-electron chi connectivity index (χ0n) is 8.97. The molecule has 1 rings (SSSR count). The number of hydrogen-bond donors (Lipinski definition) is 1. The van der Waals surface area contributed by atoms with Gasteiger partial charge in [-0.1, -0.05) is 0 Å². The van der Waals surface area contributed by atoms with Crippen molar-refractivity contribution in [3.63, 3.8) is 0 Å². The molecule has 0 aromatic carbocycles. The molecule has 1 saturated heterocycles. The number of nitrogens with one attached hydrogen (secondary N) is 1. The maximum atomic E-state index is 12.0. The van der Waals surface area contributed by atoms with Crippen LogP contribution in [0, 0.1) is 0 Å². The van der Waals surface area contributed by atoms with Crippen molar-refractivity contribution < 1.29 is 13.2 Å². The summed E-state index contributed by atoms with van der Waals surface area (Å²) in [5, 5.41) is 3.28. The van der Waals surface area contributed by atoms with Gasteiger partial charge in [-0.25, -0.2) is 0 Å². The molecule has 0 radical (unpaired) electrons. The van der Waals surface area contributed by atoms with Gasteiger partial charge in [0.1, 0.15) is 0 Å². The molecule has 0 aromatic rings. The molecule has 2 unspecified atom stereocenters. The summed E-state index contributed by atoms with van der Waals surface area (Å²) in [6.45, 7) is 5.53. The molecule has 2 nitrogen and oxygen atoms in total. The van der Waals surface area contributed by atoms with Gasteiger partial charge in [-0.3, -0.25) is 4.90 Å². The van der Waals surface area contributed by atoms with E-state index in [9.17, 15) is 13.2 Å². The topological polar surface area (TPSA) is 15.3 Å². The van der Waals surface area contributed by atoms with Crippen LogP contribution in [0.15, 0.2) is 0 Å². The van der Waals surface area contributed by atoms with Crippen LogP contribution in [0.2, 0.25) is 0 Å². The molecule has 0 bridgehead atoms. The highest BCUT2D eigenvalue weighted by molar-refractivity contribution is 5.85. The molecule has 1 N–H and O–H groups in total. The van der Waals surface area contributed by atoms with Gasteiger partial charge in [0.15, 0.2) is 0 Å². The Morgan fingerprint density at radius 1 is 1.20 bits per heavy atom. The molecule has 0 aromatic heterocycles. The van der Waals surface area contributed by atoms with E-state index in [1.165, 1.54) is 0 Å². The average molecular weight is 247 g/mol. The van der Waals surface area contributed by atoms with Gasteiger partial charge >= 0.3 is 6.18 Å². The van der Waals surface area contributed by atoms with Gasteiger partial charge in [0.25, 0.3) is 0 Å².